The molecule has 1 aromatic carbocycles. The second-order valence-electron chi connectivity index (χ2n) is 6.27. The maximum Gasteiger partial charge on any atom is 0.139 e. The van der Waals surface area contributed by atoms with Crippen molar-refractivity contribution in [2.24, 2.45) is 0 Å². The van der Waals surface area contributed by atoms with Crippen molar-refractivity contribution in [3.63, 3.8) is 0 Å². The molecule has 1 N–H and O–H groups in total. The van der Waals surface area contributed by atoms with Gasteiger partial charge in [-0.05, 0) is 37.8 Å². The predicted octanol–water partition coefficient (Wildman–Crippen LogP) is 4.64. The van der Waals surface area contributed by atoms with Gasteiger partial charge in [0.25, 0.3) is 0 Å². The summed E-state index contributed by atoms with van der Waals surface area (Å²) in [5.41, 5.74) is 2.50. The highest BCUT2D eigenvalue weighted by Gasteiger charge is 2.28. The maximum absolute atomic E-state index is 5.99. The zero-order chi connectivity index (χ0) is 16.5. The van der Waals surface area contributed by atoms with E-state index in [4.69, 9.17) is 4.74 Å². The quantitative estimate of drug-likeness (QED) is 0.752. The second kappa shape index (κ2) is 6.49. The molecule has 2 aromatic heterocycles. The van der Waals surface area contributed by atoms with E-state index in [-0.39, 0.29) is 12.1 Å². The monoisotopic (exact) mass is 339 g/mol. The molecule has 0 aliphatic carbocycles. The lowest BCUT2D eigenvalue weighted by Gasteiger charge is -2.25. The zero-order valence-corrected chi connectivity index (χ0v) is 14.8. The molecule has 1 aliphatic rings. The number of benzene rings is 1. The number of hydrogen-bond donors (Lipinski definition) is 1. The number of hydrogen-bond acceptors (Lipinski definition) is 5. The van der Waals surface area contributed by atoms with Gasteiger partial charge in [-0.15, -0.1) is 11.3 Å². The molecule has 24 heavy (non-hydrogen) atoms. The first-order valence-corrected chi connectivity index (χ1v) is 9.19. The van der Waals surface area contributed by atoms with Crippen LogP contribution in [0.2, 0.25) is 0 Å². The highest BCUT2D eigenvalue weighted by molar-refractivity contribution is 7.18. The summed E-state index contributed by atoms with van der Waals surface area (Å²) in [4.78, 5) is 11.3. The number of aromatic nitrogens is 2. The molecule has 5 heteroatoms. The summed E-state index contributed by atoms with van der Waals surface area (Å²) in [6.07, 6.45) is 4.02. The standard InChI is InChI=1S/C19H21N3OS/c1-12-13(2)24-19-16(12)18(20-11-21-19)22-17(15-9-6-10-23-15)14-7-4-3-5-8-14/h3-5,7-8,11,15,17H,6,9-10H2,1-2H3,(H,20,21,22)/t15-,17-/m0/s1. The van der Waals surface area contributed by atoms with Gasteiger partial charge >= 0.3 is 0 Å². The molecule has 0 amide bonds. The predicted molar refractivity (Wildman–Crippen MR) is 98.7 cm³/mol. The van der Waals surface area contributed by atoms with Crippen LogP contribution < -0.4 is 5.32 Å². The van der Waals surface area contributed by atoms with Crippen molar-refractivity contribution >= 4 is 27.4 Å². The van der Waals surface area contributed by atoms with Crippen molar-refractivity contribution in [1.29, 1.82) is 0 Å². The Bertz CT molecular complexity index is 840. The van der Waals surface area contributed by atoms with Gasteiger partial charge in [-0.25, -0.2) is 9.97 Å². The fourth-order valence-electron chi connectivity index (χ4n) is 3.36. The number of nitrogens with one attached hydrogen (secondary N) is 1. The second-order valence-corrected chi connectivity index (χ2v) is 7.47. The third-order valence-corrected chi connectivity index (χ3v) is 5.87. The first-order valence-electron chi connectivity index (χ1n) is 8.38. The molecular weight excluding hydrogens is 318 g/mol. The van der Waals surface area contributed by atoms with Gasteiger partial charge in [-0.1, -0.05) is 30.3 Å². The summed E-state index contributed by atoms with van der Waals surface area (Å²) in [6, 6.07) is 10.6. The highest BCUT2D eigenvalue weighted by atomic mass is 32.1. The lowest BCUT2D eigenvalue weighted by Crippen LogP contribution is -2.25. The van der Waals surface area contributed by atoms with E-state index in [0.29, 0.717) is 0 Å². The van der Waals surface area contributed by atoms with Crippen molar-refractivity contribution in [3.8, 4) is 0 Å². The van der Waals surface area contributed by atoms with Gasteiger partial charge in [-0.2, -0.15) is 0 Å². The van der Waals surface area contributed by atoms with E-state index < -0.39 is 0 Å². The normalized spacial score (nSPS) is 18.8. The van der Waals surface area contributed by atoms with E-state index in [0.717, 1.165) is 35.5 Å². The third kappa shape index (κ3) is 2.78. The van der Waals surface area contributed by atoms with Crippen molar-refractivity contribution in [3.05, 3.63) is 52.7 Å². The van der Waals surface area contributed by atoms with Crippen molar-refractivity contribution in [2.75, 3.05) is 11.9 Å². The van der Waals surface area contributed by atoms with Crippen molar-refractivity contribution in [1.82, 2.24) is 9.97 Å². The molecule has 0 radical (unpaired) electrons. The van der Waals surface area contributed by atoms with E-state index >= 15 is 0 Å². The highest BCUT2D eigenvalue weighted by Crippen LogP contribution is 2.36. The molecule has 1 aliphatic heterocycles. The van der Waals surface area contributed by atoms with Crippen LogP contribution in [0.5, 0.6) is 0 Å². The van der Waals surface area contributed by atoms with E-state index in [1.54, 1.807) is 17.7 Å². The van der Waals surface area contributed by atoms with Crippen LogP contribution in [-0.2, 0) is 4.74 Å². The van der Waals surface area contributed by atoms with Gasteiger partial charge in [0.2, 0.25) is 0 Å². The molecule has 0 unspecified atom stereocenters. The van der Waals surface area contributed by atoms with Crippen molar-refractivity contribution in [2.45, 2.75) is 38.8 Å². The van der Waals surface area contributed by atoms with Crippen LogP contribution in [0.3, 0.4) is 0 Å². The summed E-state index contributed by atoms with van der Waals surface area (Å²) in [5.74, 6) is 0.909. The molecule has 4 rings (SSSR count). The Balaban J connectivity index is 1.75. The molecular formula is C19H21N3OS. The molecule has 1 saturated heterocycles. The minimum absolute atomic E-state index is 0.103. The zero-order valence-electron chi connectivity index (χ0n) is 14.0. The van der Waals surface area contributed by atoms with Crippen LogP contribution in [0.4, 0.5) is 5.82 Å². The smallest absolute Gasteiger partial charge is 0.139 e. The van der Waals surface area contributed by atoms with Crippen LogP contribution in [0.15, 0.2) is 36.7 Å². The average molecular weight is 339 g/mol. The SMILES string of the molecule is Cc1sc2ncnc(N[C@@H](c3ccccc3)[C@@H]3CCCO3)c2c1C. The Kier molecular flexibility index (Phi) is 4.21. The Morgan fingerprint density at radius 2 is 2.04 bits per heavy atom. The lowest BCUT2D eigenvalue weighted by molar-refractivity contribution is 0.0953. The third-order valence-electron chi connectivity index (χ3n) is 4.75. The summed E-state index contributed by atoms with van der Waals surface area (Å²) >= 11 is 1.73. The van der Waals surface area contributed by atoms with Crippen LogP contribution in [0.1, 0.15) is 34.9 Å². The number of rotatable bonds is 4. The molecule has 3 heterocycles. The fourth-order valence-corrected chi connectivity index (χ4v) is 4.35. The molecule has 2 atom stereocenters. The minimum atomic E-state index is 0.103. The van der Waals surface area contributed by atoms with Gasteiger partial charge in [0, 0.05) is 11.5 Å². The van der Waals surface area contributed by atoms with Crippen LogP contribution in [-0.4, -0.2) is 22.7 Å². The van der Waals surface area contributed by atoms with Crippen LogP contribution in [0, 0.1) is 13.8 Å². The minimum Gasteiger partial charge on any atom is -0.376 e. The molecule has 1 fully saturated rings. The average Bonchev–Trinajstić information content (AvgIpc) is 3.23. The lowest BCUT2D eigenvalue weighted by atomic mass is 9.99. The van der Waals surface area contributed by atoms with E-state index in [1.807, 2.05) is 6.07 Å². The van der Waals surface area contributed by atoms with Gasteiger partial charge in [0.05, 0.1) is 17.5 Å². The first-order chi connectivity index (χ1) is 11.7. The Labute approximate surface area is 145 Å². The van der Waals surface area contributed by atoms with Crippen LogP contribution >= 0.6 is 11.3 Å². The van der Waals surface area contributed by atoms with E-state index in [1.165, 1.54) is 16.0 Å². The molecule has 0 bridgehead atoms. The molecule has 3 aromatic rings. The molecule has 0 saturated carbocycles. The molecule has 4 nitrogen and oxygen atoms in total. The Morgan fingerprint density at radius 1 is 1.21 bits per heavy atom. The van der Waals surface area contributed by atoms with E-state index in [9.17, 15) is 0 Å². The van der Waals surface area contributed by atoms with Crippen molar-refractivity contribution < 1.29 is 4.74 Å². The first kappa shape index (κ1) is 15.5. The number of ether oxygens (including phenoxy) is 1. The number of nitrogens with zero attached hydrogens (tertiary/aromatic N) is 2. The van der Waals surface area contributed by atoms with Gasteiger partial charge in [0.1, 0.15) is 17.0 Å². The largest absolute Gasteiger partial charge is 0.376 e. The number of fused-ring (bicyclic) bond motifs is 1. The van der Waals surface area contributed by atoms with Crippen LogP contribution in [0.25, 0.3) is 10.2 Å². The summed E-state index contributed by atoms with van der Waals surface area (Å²) in [7, 11) is 0. The number of aryl methyl sites for hydroxylation is 2. The fraction of sp³-hybridized carbons (Fsp3) is 0.368. The Hall–Kier alpha value is -1.98. The van der Waals surface area contributed by atoms with Gasteiger partial charge in [-0.3, -0.25) is 0 Å². The summed E-state index contributed by atoms with van der Waals surface area (Å²) in [6.45, 7) is 5.12. The Morgan fingerprint density at radius 3 is 2.79 bits per heavy atom. The molecule has 124 valence electrons. The number of anilines is 1. The summed E-state index contributed by atoms with van der Waals surface area (Å²) < 4.78 is 5.99. The van der Waals surface area contributed by atoms with E-state index in [2.05, 4.69) is 53.4 Å². The molecule has 0 spiro atoms. The van der Waals surface area contributed by atoms with Gasteiger partial charge < -0.3 is 10.1 Å². The number of thiophene rings is 1. The summed E-state index contributed by atoms with van der Waals surface area (Å²) in [5, 5.41) is 4.80. The topological polar surface area (TPSA) is 47.0 Å². The maximum atomic E-state index is 5.99. The van der Waals surface area contributed by atoms with Gasteiger partial charge in [0.15, 0.2) is 0 Å².